The molecule has 1 N–H and O–H groups in total. The minimum absolute atomic E-state index is 0.454. The molecule has 24 heavy (non-hydrogen) atoms. The number of ether oxygens (including phenoxy) is 1. The zero-order valence-corrected chi connectivity index (χ0v) is 15.8. The van der Waals surface area contributed by atoms with Crippen LogP contribution in [0.25, 0.3) is 0 Å². The molecule has 1 aliphatic rings. The van der Waals surface area contributed by atoms with Crippen LogP contribution in [-0.4, -0.2) is 31.6 Å². The SMILES string of the molecule is COc1ccc(CNCC(c2ccccc2)N2CCCC2)cc1Br. The summed E-state index contributed by atoms with van der Waals surface area (Å²) in [7, 11) is 1.69. The van der Waals surface area contributed by atoms with Crippen molar-refractivity contribution in [3.8, 4) is 5.75 Å². The lowest BCUT2D eigenvalue weighted by Gasteiger charge is -2.28. The first-order chi connectivity index (χ1) is 11.8. The summed E-state index contributed by atoms with van der Waals surface area (Å²) in [6.07, 6.45) is 2.63. The molecule has 1 aliphatic heterocycles. The van der Waals surface area contributed by atoms with Crippen molar-refractivity contribution in [3.63, 3.8) is 0 Å². The Labute approximate surface area is 153 Å². The predicted octanol–water partition coefficient (Wildman–Crippen LogP) is 4.38. The molecule has 1 heterocycles. The number of rotatable bonds is 7. The van der Waals surface area contributed by atoms with E-state index < -0.39 is 0 Å². The second kappa shape index (κ2) is 8.65. The van der Waals surface area contributed by atoms with Crippen LogP contribution in [0.1, 0.15) is 30.0 Å². The van der Waals surface area contributed by atoms with Crippen LogP contribution in [0.3, 0.4) is 0 Å². The van der Waals surface area contributed by atoms with Crippen LogP contribution in [0.15, 0.2) is 53.0 Å². The van der Waals surface area contributed by atoms with Crippen LogP contribution in [0.2, 0.25) is 0 Å². The maximum Gasteiger partial charge on any atom is 0.133 e. The summed E-state index contributed by atoms with van der Waals surface area (Å²) >= 11 is 3.56. The molecule has 1 fully saturated rings. The van der Waals surface area contributed by atoms with Crippen molar-refractivity contribution in [3.05, 3.63) is 64.1 Å². The Kier molecular flexibility index (Phi) is 6.30. The van der Waals surface area contributed by atoms with Crippen molar-refractivity contribution < 1.29 is 4.74 Å². The molecule has 0 saturated carbocycles. The van der Waals surface area contributed by atoms with E-state index in [2.05, 4.69) is 68.6 Å². The lowest BCUT2D eigenvalue weighted by atomic mass is 10.1. The lowest BCUT2D eigenvalue weighted by Crippen LogP contribution is -2.34. The fraction of sp³-hybridized carbons (Fsp3) is 0.400. The Hall–Kier alpha value is -1.36. The quantitative estimate of drug-likeness (QED) is 0.761. The molecule has 128 valence electrons. The molecule has 1 atom stereocenters. The summed E-state index contributed by atoms with van der Waals surface area (Å²) in [5.74, 6) is 0.873. The average molecular weight is 389 g/mol. The molecule has 2 aromatic rings. The van der Waals surface area contributed by atoms with Crippen molar-refractivity contribution >= 4 is 15.9 Å². The standard InChI is InChI=1S/C20H25BrN2O/c1-24-20-10-9-16(13-18(20)21)14-22-15-19(23-11-5-6-12-23)17-7-3-2-4-8-17/h2-4,7-10,13,19,22H,5-6,11-12,14-15H2,1H3. The summed E-state index contributed by atoms with van der Waals surface area (Å²) in [6.45, 7) is 4.23. The summed E-state index contributed by atoms with van der Waals surface area (Å²) in [5.41, 5.74) is 2.67. The van der Waals surface area contributed by atoms with Gasteiger partial charge in [-0.3, -0.25) is 4.90 Å². The number of hydrogen-bond donors (Lipinski definition) is 1. The minimum Gasteiger partial charge on any atom is -0.496 e. The molecular formula is C20H25BrN2O. The molecule has 0 aromatic heterocycles. The van der Waals surface area contributed by atoms with Crippen LogP contribution in [0.5, 0.6) is 5.75 Å². The van der Waals surface area contributed by atoms with Gasteiger partial charge in [0.25, 0.3) is 0 Å². The fourth-order valence-electron chi connectivity index (χ4n) is 3.36. The third-order valence-corrected chi connectivity index (χ3v) is 5.27. The maximum absolute atomic E-state index is 5.29. The molecule has 1 unspecified atom stereocenters. The zero-order chi connectivity index (χ0) is 16.8. The van der Waals surface area contributed by atoms with Crippen LogP contribution in [0.4, 0.5) is 0 Å². The highest BCUT2D eigenvalue weighted by Crippen LogP contribution is 2.26. The molecule has 0 amide bonds. The number of methoxy groups -OCH3 is 1. The molecule has 0 aliphatic carbocycles. The van der Waals surface area contributed by atoms with Crippen LogP contribution >= 0.6 is 15.9 Å². The van der Waals surface area contributed by atoms with Gasteiger partial charge >= 0.3 is 0 Å². The third-order valence-electron chi connectivity index (χ3n) is 4.65. The van der Waals surface area contributed by atoms with E-state index in [9.17, 15) is 0 Å². The van der Waals surface area contributed by atoms with E-state index in [4.69, 9.17) is 4.74 Å². The van der Waals surface area contributed by atoms with E-state index in [1.165, 1.54) is 37.1 Å². The van der Waals surface area contributed by atoms with E-state index in [0.29, 0.717) is 6.04 Å². The first-order valence-electron chi connectivity index (χ1n) is 8.60. The van der Waals surface area contributed by atoms with E-state index in [1.807, 2.05) is 6.07 Å². The maximum atomic E-state index is 5.29. The number of likely N-dealkylation sites (tertiary alicyclic amines) is 1. The van der Waals surface area contributed by atoms with E-state index in [0.717, 1.165) is 23.3 Å². The Balaban J connectivity index is 1.62. The van der Waals surface area contributed by atoms with Crippen LogP contribution in [-0.2, 0) is 6.54 Å². The van der Waals surface area contributed by atoms with Gasteiger partial charge in [0.05, 0.1) is 11.6 Å². The predicted molar refractivity (Wildman–Crippen MR) is 102 cm³/mol. The van der Waals surface area contributed by atoms with Gasteiger partial charge in [0.1, 0.15) is 5.75 Å². The summed E-state index contributed by atoms with van der Waals surface area (Å²) in [4.78, 5) is 2.60. The molecule has 0 radical (unpaired) electrons. The normalized spacial score (nSPS) is 16.2. The first-order valence-corrected chi connectivity index (χ1v) is 9.39. The summed E-state index contributed by atoms with van der Waals surface area (Å²) in [5, 5.41) is 3.64. The largest absolute Gasteiger partial charge is 0.496 e. The number of benzene rings is 2. The second-order valence-electron chi connectivity index (χ2n) is 6.27. The molecule has 4 heteroatoms. The molecule has 0 bridgehead atoms. The zero-order valence-electron chi connectivity index (χ0n) is 14.2. The molecule has 3 rings (SSSR count). The van der Waals surface area contributed by atoms with Gasteiger partial charge in [-0.1, -0.05) is 36.4 Å². The highest BCUT2D eigenvalue weighted by atomic mass is 79.9. The van der Waals surface area contributed by atoms with Gasteiger partial charge in [0.15, 0.2) is 0 Å². The van der Waals surface area contributed by atoms with Crippen molar-refractivity contribution in [2.45, 2.75) is 25.4 Å². The van der Waals surface area contributed by atoms with Gasteiger partial charge in [-0.15, -0.1) is 0 Å². The smallest absolute Gasteiger partial charge is 0.133 e. The highest BCUT2D eigenvalue weighted by Gasteiger charge is 2.22. The topological polar surface area (TPSA) is 24.5 Å². The number of nitrogens with zero attached hydrogens (tertiary/aromatic N) is 1. The first kappa shape index (κ1) is 17.5. The Morgan fingerprint density at radius 3 is 2.54 bits per heavy atom. The van der Waals surface area contributed by atoms with Gasteiger partial charge < -0.3 is 10.1 Å². The molecular weight excluding hydrogens is 364 g/mol. The van der Waals surface area contributed by atoms with Crippen molar-refractivity contribution in [2.75, 3.05) is 26.7 Å². The fourth-order valence-corrected chi connectivity index (χ4v) is 3.95. The number of nitrogens with one attached hydrogen (secondary N) is 1. The third kappa shape index (κ3) is 4.38. The molecule has 0 spiro atoms. The van der Waals surface area contributed by atoms with Crippen molar-refractivity contribution in [1.82, 2.24) is 10.2 Å². The summed E-state index contributed by atoms with van der Waals surface area (Å²) < 4.78 is 6.30. The Bertz CT molecular complexity index is 641. The van der Waals surface area contributed by atoms with Crippen molar-refractivity contribution in [2.24, 2.45) is 0 Å². The van der Waals surface area contributed by atoms with Crippen molar-refractivity contribution in [1.29, 1.82) is 0 Å². The van der Waals surface area contributed by atoms with Gasteiger partial charge in [-0.2, -0.15) is 0 Å². The van der Waals surface area contributed by atoms with Gasteiger partial charge in [-0.05, 0) is 65.1 Å². The summed E-state index contributed by atoms with van der Waals surface area (Å²) in [6, 6.07) is 17.6. The molecule has 2 aromatic carbocycles. The monoisotopic (exact) mass is 388 g/mol. The van der Waals surface area contributed by atoms with Gasteiger partial charge in [-0.25, -0.2) is 0 Å². The Morgan fingerprint density at radius 1 is 1.12 bits per heavy atom. The number of halogens is 1. The van der Waals surface area contributed by atoms with Gasteiger partial charge in [0, 0.05) is 19.1 Å². The number of hydrogen-bond acceptors (Lipinski definition) is 3. The molecule has 1 saturated heterocycles. The minimum atomic E-state index is 0.454. The lowest BCUT2D eigenvalue weighted by molar-refractivity contribution is 0.238. The van der Waals surface area contributed by atoms with E-state index >= 15 is 0 Å². The average Bonchev–Trinajstić information content (AvgIpc) is 3.14. The van der Waals surface area contributed by atoms with E-state index in [-0.39, 0.29) is 0 Å². The van der Waals surface area contributed by atoms with Gasteiger partial charge in [0.2, 0.25) is 0 Å². The molecule has 3 nitrogen and oxygen atoms in total. The van der Waals surface area contributed by atoms with Crippen LogP contribution < -0.4 is 10.1 Å². The highest BCUT2D eigenvalue weighted by molar-refractivity contribution is 9.10. The Morgan fingerprint density at radius 2 is 1.88 bits per heavy atom. The van der Waals surface area contributed by atoms with Crippen LogP contribution in [0, 0.1) is 0 Å². The second-order valence-corrected chi connectivity index (χ2v) is 7.12. The van der Waals surface area contributed by atoms with E-state index in [1.54, 1.807) is 7.11 Å².